The van der Waals surface area contributed by atoms with E-state index in [1.807, 2.05) is 6.08 Å². The summed E-state index contributed by atoms with van der Waals surface area (Å²) in [6.45, 7) is 6.46. The zero-order chi connectivity index (χ0) is 58.5. The van der Waals surface area contributed by atoms with Crippen LogP contribution in [0.2, 0.25) is 0 Å². The molecule has 81 heavy (non-hydrogen) atoms. The summed E-state index contributed by atoms with van der Waals surface area (Å²) in [6.07, 6.45) is 95.2. The SMILES string of the molecule is CC/C=C\C/C=C\C/C=C\C/C=C\C/C=C\C/C=C\CCC(=O)OC(COC(=O)CCCCCCC/C=C\CCCCCCCC)COC(=O)CCCCCCCCCCCCCCCC/C=C\C/C=C\C/C=C\CCCCCCC. The molecule has 0 heterocycles. The molecule has 0 fully saturated rings. The summed E-state index contributed by atoms with van der Waals surface area (Å²) in [4.78, 5) is 38.3. The van der Waals surface area contributed by atoms with Gasteiger partial charge in [-0.1, -0.05) is 296 Å². The Morgan fingerprint density at radius 2 is 0.506 bits per heavy atom. The number of ether oxygens (including phenoxy) is 3. The number of carbonyl (C=O) groups excluding carboxylic acids is 3. The number of rotatable bonds is 61. The van der Waals surface area contributed by atoms with Crippen molar-refractivity contribution in [2.24, 2.45) is 0 Å². The Morgan fingerprint density at radius 3 is 0.815 bits per heavy atom. The topological polar surface area (TPSA) is 78.9 Å². The third-order valence-electron chi connectivity index (χ3n) is 14.4. The summed E-state index contributed by atoms with van der Waals surface area (Å²) < 4.78 is 16.9. The van der Waals surface area contributed by atoms with Gasteiger partial charge < -0.3 is 14.2 Å². The highest BCUT2D eigenvalue weighted by Crippen LogP contribution is 2.16. The molecule has 0 saturated carbocycles. The number of hydrogen-bond donors (Lipinski definition) is 0. The number of unbranched alkanes of at least 4 members (excludes halogenated alkanes) is 30. The van der Waals surface area contributed by atoms with Crippen molar-refractivity contribution >= 4 is 17.9 Å². The van der Waals surface area contributed by atoms with Crippen LogP contribution in [-0.4, -0.2) is 37.2 Å². The van der Waals surface area contributed by atoms with Crippen LogP contribution in [0.5, 0.6) is 0 Å². The molecule has 0 bridgehead atoms. The van der Waals surface area contributed by atoms with Crippen molar-refractivity contribution in [2.45, 2.75) is 322 Å². The minimum absolute atomic E-state index is 0.112. The van der Waals surface area contributed by atoms with E-state index in [1.54, 1.807) is 0 Å². The second kappa shape index (κ2) is 68.3. The molecule has 0 N–H and O–H groups in total. The van der Waals surface area contributed by atoms with Crippen molar-refractivity contribution in [3.63, 3.8) is 0 Å². The van der Waals surface area contributed by atoms with E-state index < -0.39 is 12.1 Å². The van der Waals surface area contributed by atoms with Gasteiger partial charge in [-0.25, -0.2) is 0 Å². The van der Waals surface area contributed by atoms with E-state index in [0.29, 0.717) is 19.3 Å². The molecular formula is C75H126O6. The summed E-state index contributed by atoms with van der Waals surface area (Å²) in [6, 6.07) is 0. The second-order valence-electron chi connectivity index (χ2n) is 22.3. The molecule has 1 atom stereocenters. The van der Waals surface area contributed by atoms with Gasteiger partial charge in [0.05, 0.1) is 0 Å². The Morgan fingerprint density at radius 1 is 0.259 bits per heavy atom. The van der Waals surface area contributed by atoms with E-state index in [1.165, 1.54) is 167 Å². The average Bonchev–Trinajstić information content (AvgIpc) is 3.47. The van der Waals surface area contributed by atoms with E-state index in [9.17, 15) is 14.4 Å². The van der Waals surface area contributed by atoms with Crippen LogP contribution >= 0.6 is 0 Å². The van der Waals surface area contributed by atoms with E-state index in [-0.39, 0.29) is 31.6 Å². The van der Waals surface area contributed by atoms with E-state index in [2.05, 4.69) is 136 Å². The van der Waals surface area contributed by atoms with E-state index in [0.717, 1.165) is 103 Å². The smallest absolute Gasteiger partial charge is 0.306 e. The minimum Gasteiger partial charge on any atom is -0.462 e. The molecule has 0 radical (unpaired) electrons. The summed E-state index contributed by atoms with van der Waals surface area (Å²) in [5, 5.41) is 0. The summed E-state index contributed by atoms with van der Waals surface area (Å²) in [5.41, 5.74) is 0. The average molecular weight is 1120 g/mol. The fraction of sp³-hybridized carbons (Fsp3) is 0.693. The van der Waals surface area contributed by atoms with Crippen molar-refractivity contribution in [3.05, 3.63) is 122 Å². The van der Waals surface area contributed by atoms with Gasteiger partial charge in [0, 0.05) is 19.3 Å². The van der Waals surface area contributed by atoms with Gasteiger partial charge in [-0.05, 0) is 122 Å². The summed E-state index contributed by atoms with van der Waals surface area (Å²) in [7, 11) is 0. The molecule has 0 aromatic heterocycles. The van der Waals surface area contributed by atoms with Crippen LogP contribution in [0.15, 0.2) is 122 Å². The first-order valence-corrected chi connectivity index (χ1v) is 34.0. The summed E-state index contributed by atoms with van der Waals surface area (Å²) in [5.74, 6) is -0.999. The van der Waals surface area contributed by atoms with Gasteiger partial charge in [0.2, 0.25) is 0 Å². The minimum atomic E-state index is -0.826. The molecule has 0 saturated heterocycles. The Labute approximate surface area is 501 Å². The van der Waals surface area contributed by atoms with Crippen molar-refractivity contribution in [3.8, 4) is 0 Å². The number of allylic oxidation sites excluding steroid dienone is 20. The fourth-order valence-electron chi connectivity index (χ4n) is 9.35. The maximum absolute atomic E-state index is 12.9. The highest BCUT2D eigenvalue weighted by molar-refractivity contribution is 5.71. The number of esters is 3. The Balaban J connectivity index is 4.38. The van der Waals surface area contributed by atoms with Gasteiger partial charge in [0.1, 0.15) is 13.2 Å². The van der Waals surface area contributed by atoms with Crippen LogP contribution in [-0.2, 0) is 28.6 Å². The van der Waals surface area contributed by atoms with Crippen LogP contribution in [0, 0.1) is 0 Å². The number of hydrogen-bond acceptors (Lipinski definition) is 6. The third-order valence-corrected chi connectivity index (χ3v) is 14.4. The molecule has 1 unspecified atom stereocenters. The lowest BCUT2D eigenvalue weighted by Crippen LogP contribution is -2.30. The van der Waals surface area contributed by atoms with Gasteiger partial charge >= 0.3 is 17.9 Å². The van der Waals surface area contributed by atoms with Crippen molar-refractivity contribution < 1.29 is 28.6 Å². The van der Waals surface area contributed by atoms with Crippen molar-refractivity contribution in [1.82, 2.24) is 0 Å². The number of carbonyl (C=O) groups is 3. The first-order valence-electron chi connectivity index (χ1n) is 34.0. The Bertz CT molecular complexity index is 1670. The molecule has 0 aliphatic carbocycles. The van der Waals surface area contributed by atoms with Gasteiger partial charge in [-0.15, -0.1) is 0 Å². The molecule has 0 aliphatic heterocycles. The molecular weight excluding hydrogens is 997 g/mol. The van der Waals surface area contributed by atoms with Crippen molar-refractivity contribution in [2.75, 3.05) is 13.2 Å². The van der Waals surface area contributed by atoms with Crippen LogP contribution in [0.25, 0.3) is 0 Å². The quantitative estimate of drug-likeness (QED) is 0.0261. The van der Waals surface area contributed by atoms with Crippen LogP contribution in [0.4, 0.5) is 0 Å². The van der Waals surface area contributed by atoms with Gasteiger partial charge in [0.25, 0.3) is 0 Å². The zero-order valence-electron chi connectivity index (χ0n) is 53.0. The van der Waals surface area contributed by atoms with Gasteiger partial charge in [0.15, 0.2) is 6.10 Å². The van der Waals surface area contributed by atoms with Crippen LogP contribution in [0.1, 0.15) is 316 Å². The molecule has 462 valence electrons. The van der Waals surface area contributed by atoms with E-state index in [4.69, 9.17) is 14.2 Å². The third kappa shape index (κ3) is 66.5. The lowest BCUT2D eigenvalue weighted by Gasteiger charge is -2.18. The molecule has 0 aromatic carbocycles. The highest BCUT2D eigenvalue weighted by Gasteiger charge is 2.19. The molecule has 0 aromatic rings. The van der Waals surface area contributed by atoms with Crippen molar-refractivity contribution in [1.29, 1.82) is 0 Å². The standard InChI is InChI=1S/C75H126O6/c1-4-7-10-13-16-19-22-25-28-30-32-33-34-35-36-37-38-39-40-41-43-44-47-50-53-56-59-62-65-68-74(77)80-71-72(70-79-73(76)67-64-61-58-55-52-49-46-27-24-21-18-15-12-9-6-3)81-75(78)69-66-63-60-57-54-51-48-45-42-31-29-26-23-20-17-14-11-8-5-2/h8,11,17,20,22,25-27,29-30,32,34-35,42,45-46,51,54,60,63,72H,4-7,9-10,12-16,18-19,21,23-24,28,31,33,36-41,43-44,47-50,52-53,55-59,61-62,64-71H2,1-3H3/b11-8-,20-17-,25-22-,29-26-,32-30-,35-34-,45-42-,46-27-,54-51-,63-60-. The maximum atomic E-state index is 12.9. The predicted molar refractivity (Wildman–Crippen MR) is 353 cm³/mol. The molecule has 6 heteroatoms. The Kier molecular flexibility index (Phi) is 64.8. The monoisotopic (exact) mass is 1120 g/mol. The summed E-state index contributed by atoms with van der Waals surface area (Å²) >= 11 is 0. The lowest BCUT2D eigenvalue weighted by molar-refractivity contribution is -0.166. The van der Waals surface area contributed by atoms with Crippen LogP contribution < -0.4 is 0 Å². The highest BCUT2D eigenvalue weighted by atomic mass is 16.6. The first kappa shape index (κ1) is 76.8. The Hall–Kier alpha value is -4.19. The molecule has 0 amide bonds. The van der Waals surface area contributed by atoms with E-state index >= 15 is 0 Å². The zero-order valence-corrected chi connectivity index (χ0v) is 53.0. The first-order chi connectivity index (χ1) is 40.0. The van der Waals surface area contributed by atoms with Crippen LogP contribution in [0.3, 0.4) is 0 Å². The normalized spacial score (nSPS) is 12.9. The second-order valence-corrected chi connectivity index (χ2v) is 22.3. The molecule has 0 spiro atoms. The predicted octanol–water partition coefficient (Wildman–Crippen LogP) is 23.6. The lowest BCUT2D eigenvalue weighted by atomic mass is 10.0. The molecule has 0 aliphatic rings. The largest absolute Gasteiger partial charge is 0.462 e. The fourth-order valence-corrected chi connectivity index (χ4v) is 9.35. The maximum Gasteiger partial charge on any atom is 0.306 e. The molecule has 0 rings (SSSR count). The van der Waals surface area contributed by atoms with Gasteiger partial charge in [-0.2, -0.15) is 0 Å². The molecule has 6 nitrogen and oxygen atoms in total. The van der Waals surface area contributed by atoms with Gasteiger partial charge in [-0.3, -0.25) is 14.4 Å².